The summed E-state index contributed by atoms with van der Waals surface area (Å²) in [4.78, 5) is 23.7. The van der Waals surface area contributed by atoms with Crippen molar-refractivity contribution in [1.82, 2.24) is 0 Å². The second-order valence-electron chi connectivity index (χ2n) is 3.86. The smallest absolute Gasteiger partial charge is 0.344 e. The van der Waals surface area contributed by atoms with Crippen LogP contribution in [-0.4, -0.2) is 19.0 Å². The van der Waals surface area contributed by atoms with Crippen molar-refractivity contribution in [1.29, 1.82) is 0 Å². The van der Waals surface area contributed by atoms with Crippen LogP contribution in [0.25, 0.3) is 0 Å². The minimum absolute atomic E-state index is 0.184. The molecule has 0 fully saturated rings. The van der Waals surface area contributed by atoms with Gasteiger partial charge in [-0.25, -0.2) is 9.59 Å². The maximum atomic E-state index is 12.1. The van der Waals surface area contributed by atoms with E-state index in [1.807, 2.05) is 12.1 Å². The predicted octanol–water partition coefficient (Wildman–Crippen LogP) is 3.30. The second kappa shape index (κ2) is 6.51. The van der Waals surface area contributed by atoms with Gasteiger partial charge in [0.05, 0.1) is 12.7 Å². The molecule has 0 atom stereocenters. The molecule has 2 aromatic rings. The number of ether oxygens (including phenoxy) is 2. The summed E-state index contributed by atoms with van der Waals surface area (Å²) in [5.41, 5.74) is 0.669. The highest BCUT2D eigenvalue weighted by Crippen LogP contribution is 2.21. The van der Waals surface area contributed by atoms with E-state index in [2.05, 4.69) is 27.3 Å². The largest absolute Gasteiger partial charge is 0.465 e. The zero-order valence-corrected chi connectivity index (χ0v) is 12.8. The lowest BCUT2D eigenvalue weighted by atomic mass is 10.2. The molecule has 4 nitrogen and oxygen atoms in total. The summed E-state index contributed by atoms with van der Waals surface area (Å²) >= 11 is 2.06. The van der Waals surface area contributed by atoms with Crippen molar-refractivity contribution in [2.75, 3.05) is 7.11 Å². The molecule has 5 heteroatoms. The van der Waals surface area contributed by atoms with E-state index in [0.29, 0.717) is 5.56 Å². The molecule has 2 rings (SSSR count). The average molecular weight is 382 g/mol. The molecular weight excluding hydrogens is 371 g/mol. The first-order chi connectivity index (χ1) is 9.63. The SMILES string of the molecule is COC(=O)c1ccccc1OC(=O)c1ccccc1I. The van der Waals surface area contributed by atoms with Crippen LogP contribution in [0.3, 0.4) is 0 Å². The Labute approximate surface area is 129 Å². The van der Waals surface area contributed by atoms with Gasteiger partial charge in [0.2, 0.25) is 0 Å². The Morgan fingerprint density at radius 2 is 1.50 bits per heavy atom. The molecule has 0 saturated carbocycles. The van der Waals surface area contributed by atoms with Gasteiger partial charge in [-0.1, -0.05) is 24.3 Å². The van der Waals surface area contributed by atoms with Gasteiger partial charge in [-0.05, 0) is 46.9 Å². The molecule has 0 radical (unpaired) electrons. The van der Waals surface area contributed by atoms with Crippen LogP contribution in [0.1, 0.15) is 20.7 Å². The molecule has 0 aliphatic heterocycles. The number of benzene rings is 2. The number of carbonyl (C=O) groups is 2. The van der Waals surface area contributed by atoms with Crippen molar-refractivity contribution in [3.8, 4) is 5.75 Å². The summed E-state index contributed by atoms with van der Waals surface area (Å²) in [7, 11) is 1.28. The highest BCUT2D eigenvalue weighted by molar-refractivity contribution is 14.1. The number of hydrogen-bond acceptors (Lipinski definition) is 4. The summed E-state index contributed by atoms with van der Waals surface area (Å²) in [6.45, 7) is 0. The molecule has 102 valence electrons. The standard InChI is InChI=1S/C15H11IO4/c1-19-14(17)11-7-3-5-9-13(11)20-15(18)10-6-2-4-8-12(10)16/h2-9H,1H3. The molecule has 0 unspecified atom stereocenters. The van der Waals surface area contributed by atoms with E-state index >= 15 is 0 Å². The number of methoxy groups -OCH3 is 1. The van der Waals surface area contributed by atoms with Gasteiger partial charge >= 0.3 is 11.9 Å². The van der Waals surface area contributed by atoms with Crippen molar-refractivity contribution in [3.63, 3.8) is 0 Å². The van der Waals surface area contributed by atoms with Crippen LogP contribution >= 0.6 is 22.6 Å². The Kier molecular flexibility index (Phi) is 4.73. The van der Waals surface area contributed by atoms with E-state index in [1.165, 1.54) is 7.11 Å². The minimum atomic E-state index is -0.545. The van der Waals surface area contributed by atoms with Gasteiger partial charge < -0.3 is 9.47 Å². The first-order valence-electron chi connectivity index (χ1n) is 5.77. The third kappa shape index (κ3) is 3.16. The number of rotatable bonds is 3. The number of para-hydroxylation sites is 1. The third-order valence-electron chi connectivity index (χ3n) is 2.59. The van der Waals surface area contributed by atoms with E-state index < -0.39 is 11.9 Å². The Hall–Kier alpha value is -1.89. The van der Waals surface area contributed by atoms with Crippen LogP contribution < -0.4 is 4.74 Å². The summed E-state index contributed by atoms with van der Waals surface area (Å²) in [6, 6.07) is 13.5. The summed E-state index contributed by atoms with van der Waals surface area (Å²) in [5.74, 6) is -0.869. The van der Waals surface area contributed by atoms with E-state index in [0.717, 1.165) is 3.57 Å². The number of esters is 2. The lowest BCUT2D eigenvalue weighted by Gasteiger charge is -2.09. The second-order valence-corrected chi connectivity index (χ2v) is 5.02. The van der Waals surface area contributed by atoms with Crippen molar-refractivity contribution < 1.29 is 19.1 Å². The molecule has 2 aromatic carbocycles. The zero-order valence-electron chi connectivity index (χ0n) is 10.6. The summed E-state index contributed by atoms with van der Waals surface area (Å²) in [6.07, 6.45) is 0. The highest BCUT2D eigenvalue weighted by Gasteiger charge is 2.17. The molecule has 0 aromatic heterocycles. The molecule has 0 bridgehead atoms. The van der Waals surface area contributed by atoms with Crippen LogP contribution in [0.5, 0.6) is 5.75 Å². The lowest BCUT2D eigenvalue weighted by Crippen LogP contribution is -2.13. The fourth-order valence-electron chi connectivity index (χ4n) is 1.62. The first kappa shape index (κ1) is 14.5. The average Bonchev–Trinajstić information content (AvgIpc) is 2.47. The van der Waals surface area contributed by atoms with Crippen LogP contribution in [0.2, 0.25) is 0 Å². The monoisotopic (exact) mass is 382 g/mol. The Morgan fingerprint density at radius 3 is 2.15 bits per heavy atom. The molecular formula is C15H11IO4. The Morgan fingerprint density at radius 1 is 0.900 bits per heavy atom. The summed E-state index contributed by atoms with van der Waals surface area (Å²) < 4.78 is 10.7. The van der Waals surface area contributed by atoms with Crippen LogP contribution in [0, 0.1) is 3.57 Å². The van der Waals surface area contributed by atoms with Gasteiger partial charge in [0.25, 0.3) is 0 Å². The predicted molar refractivity (Wildman–Crippen MR) is 81.9 cm³/mol. The van der Waals surface area contributed by atoms with Crippen molar-refractivity contribution >= 4 is 34.5 Å². The molecule has 0 amide bonds. The van der Waals surface area contributed by atoms with E-state index in [-0.39, 0.29) is 11.3 Å². The van der Waals surface area contributed by atoms with E-state index in [4.69, 9.17) is 4.74 Å². The third-order valence-corrected chi connectivity index (χ3v) is 3.53. The minimum Gasteiger partial charge on any atom is -0.465 e. The molecule has 0 heterocycles. The van der Waals surface area contributed by atoms with Gasteiger partial charge in [-0.15, -0.1) is 0 Å². The van der Waals surface area contributed by atoms with Crippen molar-refractivity contribution in [2.24, 2.45) is 0 Å². The zero-order chi connectivity index (χ0) is 14.5. The van der Waals surface area contributed by atoms with Gasteiger partial charge in [0.1, 0.15) is 11.3 Å². The molecule has 0 N–H and O–H groups in total. The highest BCUT2D eigenvalue weighted by atomic mass is 127. The van der Waals surface area contributed by atoms with Crippen molar-refractivity contribution in [3.05, 3.63) is 63.2 Å². The van der Waals surface area contributed by atoms with E-state index in [9.17, 15) is 9.59 Å². The quantitative estimate of drug-likeness (QED) is 0.465. The van der Waals surface area contributed by atoms with Crippen LogP contribution in [0.4, 0.5) is 0 Å². The Bertz CT molecular complexity index is 652. The Balaban J connectivity index is 2.29. The normalized spacial score (nSPS) is 9.90. The molecule has 0 spiro atoms. The van der Waals surface area contributed by atoms with Gasteiger partial charge in [-0.2, -0.15) is 0 Å². The lowest BCUT2D eigenvalue weighted by molar-refractivity contribution is 0.0593. The topological polar surface area (TPSA) is 52.6 Å². The summed E-state index contributed by atoms with van der Waals surface area (Å²) in [5, 5.41) is 0. The van der Waals surface area contributed by atoms with Gasteiger partial charge in [-0.3, -0.25) is 0 Å². The maximum Gasteiger partial charge on any atom is 0.344 e. The van der Waals surface area contributed by atoms with Crippen molar-refractivity contribution in [2.45, 2.75) is 0 Å². The van der Waals surface area contributed by atoms with Crippen LogP contribution in [0.15, 0.2) is 48.5 Å². The number of halogens is 1. The maximum absolute atomic E-state index is 12.1. The molecule has 20 heavy (non-hydrogen) atoms. The van der Waals surface area contributed by atoms with Gasteiger partial charge in [0.15, 0.2) is 0 Å². The number of hydrogen-bond donors (Lipinski definition) is 0. The molecule has 0 saturated heterocycles. The fourth-order valence-corrected chi connectivity index (χ4v) is 2.22. The van der Waals surface area contributed by atoms with E-state index in [1.54, 1.807) is 36.4 Å². The number of carbonyl (C=O) groups excluding carboxylic acids is 2. The fraction of sp³-hybridized carbons (Fsp3) is 0.0667. The molecule has 0 aliphatic carbocycles. The van der Waals surface area contributed by atoms with Crippen LogP contribution in [-0.2, 0) is 4.74 Å². The molecule has 0 aliphatic rings. The first-order valence-corrected chi connectivity index (χ1v) is 6.85. The van der Waals surface area contributed by atoms with Gasteiger partial charge in [0, 0.05) is 3.57 Å².